The SMILES string of the molecule is CCCCNC(=O)NCCN1CCN(c2nc(Cc3ccc(C)cc3)ns2)CC1. The van der Waals surface area contributed by atoms with Crippen LogP contribution in [0.5, 0.6) is 0 Å². The van der Waals surface area contributed by atoms with Crippen LogP contribution < -0.4 is 15.5 Å². The Kier molecular flexibility index (Phi) is 8.25. The van der Waals surface area contributed by atoms with E-state index in [-0.39, 0.29) is 6.03 Å². The van der Waals surface area contributed by atoms with Crippen LogP contribution in [0.15, 0.2) is 24.3 Å². The summed E-state index contributed by atoms with van der Waals surface area (Å²) in [6.45, 7) is 10.4. The number of carbonyl (C=O) groups excluding carboxylic acids is 1. The third-order valence-electron chi connectivity index (χ3n) is 5.11. The molecular weight excluding hydrogens is 384 g/mol. The summed E-state index contributed by atoms with van der Waals surface area (Å²) in [7, 11) is 0. The summed E-state index contributed by atoms with van der Waals surface area (Å²) < 4.78 is 4.55. The fourth-order valence-corrected chi connectivity index (χ4v) is 4.00. The van der Waals surface area contributed by atoms with E-state index in [0.717, 1.165) is 69.5 Å². The molecule has 2 amide bonds. The number of anilines is 1. The van der Waals surface area contributed by atoms with E-state index in [0.29, 0.717) is 6.54 Å². The quantitative estimate of drug-likeness (QED) is 0.615. The number of urea groups is 1. The molecule has 29 heavy (non-hydrogen) atoms. The van der Waals surface area contributed by atoms with Gasteiger partial charge in [-0.2, -0.15) is 4.37 Å². The van der Waals surface area contributed by atoms with E-state index >= 15 is 0 Å². The second-order valence-corrected chi connectivity index (χ2v) is 8.25. The lowest BCUT2D eigenvalue weighted by Crippen LogP contribution is -2.49. The predicted octanol–water partition coefficient (Wildman–Crippen LogP) is 2.66. The highest BCUT2D eigenvalue weighted by Gasteiger charge is 2.20. The maximum atomic E-state index is 11.7. The van der Waals surface area contributed by atoms with Gasteiger partial charge in [0.05, 0.1) is 0 Å². The Bertz CT molecular complexity index is 755. The highest BCUT2D eigenvalue weighted by Crippen LogP contribution is 2.20. The van der Waals surface area contributed by atoms with E-state index in [1.54, 1.807) is 0 Å². The molecule has 1 aliphatic heterocycles. The first-order chi connectivity index (χ1) is 14.1. The van der Waals surface area contributed by atoms with Gasteiger partial charge in [0.15, 0.2) is 0 Å². The lowest BCUT2D eigenvalue weighted by molar-refractivity contribution is 0.232. The van der Waals surface area contributed by atoms with Gasteiger partial charge in [0.1, 0.15) is 5.82 Å². The lowest BCUT2D eigenvalue weighted by Gasteiger charge is -2.34. The van der Waals surface area contributed by atoms with Gasteiger partial charge in [0.2, 0.25) is 5.13 Å². The van der Waals surface area contributed by atoms with Gasteiger partial charge in [-0.05, 0) is 18.9 Å². The molecule has 2 heterocycles. The summed E-state index contributed by atoms with van der Waals surface area (Å²) in [5, 5.41) is 6.83. The standard InChI is InChI=1S/C21H32N6OS/c1-3-4-9-22-20(28)23-10-11-26-12-14-27(15-13-26)21-24-19(25-29-21)16-18-7-5-17(2)6-8-18/h5-8H,3-4,9-16H2,1-2H3,(H2,22,23,28). The van der Waals surface area contributed by atoms with Crippen LogP contribution in [0.3, 0.4) is 0 Å². The zero-order chi connectivity index (χ0) is 20.5. The minimum Gasteiger partial charge on any atom is -0.344 e. The topological polar surface area (TPSA) is 73.4 Å². The second kappa shape index (κ2) is 11.1. The van der Waals surface area contributed by atoms with Crippen LogP contribution in [0, 0.1) is 6.92 Å². The van der Waals surface area contributed by atoms with Crippen LogP contribution in [0.2, 0.25) is 0 Å². The lowest BCUT2D eigenvalue weighted by atomic mass is 10.1. The molecule has 8 heteroatoms. The molecule has 1 aromatic carbocycles. The molecule has 0 saturated carbocycles. The first-order valence-corrected chi connectivity index (χ1v) is 11.3. The average Bonchev–Trinajstić information content (AvgIpc) is 3.19. The second-order valence-electron chi connectivity index (χ2n) is 7.52. The monoisotopic (exact) mass is 416 g/mol. The van der Waals surface area contributed by atoms with Gasteiger partial charge in [-0.3, -0.25) is 4.90 Å². The van der Waals surface area contributed by atoms with E-state index in [1.165, 1.54) is 22.7 Å². The molecule has 7 nitrogen and oxygen atoms in total. The number of amides is 2. The predicted molar refractivity (Wildman–Crippen MR) is 119 cm³/mol. The molecule has 0 radical (unpaired) electrons. The fraction of sp³-hybridized carbons (Fsp3) is 0.571. The Morgan fingerprint density at radius 2 is 1.83 bits per heavy atom. The molecule has 2 aromatic rings. The molecule has 1 aromatic heterocycles. The molecule has 1 aliphatic rings. The van der Waals surface area contributed by atoms with Crippen LogP contribution in [0.25, 0.3) is 0 Å². The normalized spacial score (nSPS) is 14.8. The molecule has 1 saturated heterocycles. The Labute approximate surface area is 177 Å². The summed E-state index contributed by atoms with van der Waals surface area (Å²) in [4.78, 5) is 21.1. The third-order valence-corrected chi connectivity index (χ3v) is 5.93. The van der Waals surface area contributed by atoms with Crippen LogP contribution in [-0.2, 0) is 6.42 Å². The van der Waals surface area contributed by atoms with Crippen molar-refractivity contribution in [2.75, 3.05) is 50.7 Å². The molecule has 1 fully saturated rings. The van der Waals surface area contributed by atoms with E-state index in [1.807, 2.05) is 0 Å². The molecule has 3 rings (SSSR count). The zero-order valence-corrected chi connectivity index (χ0v) is 18.3. The molecular formula is C21H32N6OS. The van der Waals surface area contributed by atoms with Gasteiger partial charge >= 0.3 is 6.03 Å². The van der Waals surface area contributed by atoms with Gasteiger partial charge in [-0.1, -0.05) is 43.2 Å². The molecule has 2 N–H and O–H groups in total. The summed E-state index contributed by atoms with van der Waals surface area (Å²) in [5.74, 6) is 0.898. The number of unbranched alkanes of at least 4 members (excludes halogenated alkanes) is 1. The molecule has 0 bridgehead atoms. The number of nitrogens with zero attached hydrogens (tertiary/aromatic N) is 4. The van der Waals surface area contributed by atoms with Crippen LogP contribution in [0.4, 0.5) is 9.93 Å². The number of rotatable bonds is 9. The maximum absolute atomic E-state index is 11.7. The van der Waals surface area contributed by atoms with Gasteiger partial charge in [0.25, 0.3) is 0 Å². The number of piperazine rings is 1. The number of hydrogen-bond acceptors (Lipinski definition) is 6. The zero-order valence-electron chi connectivity index (χ0n) is 17.5. The highest BCUT2D eigenvalue weighted by molar-refractivity contribution is 7.09. The molecule has 158 valence electrons. The van der Waals surface area contributed by atoms with E-state index in [9.17, 15) is 4.79 Å². The maximum Gasteiger partial charge on any atom is 0.314 e. The minimum absolute atomic E-state index is 0.0629. The van der Waals surface area contributed by atoms with Crippen molar-refractivity contribution >= 4 is 22.7 Å². The third kappa shape index (κ3) is 6.97. The Morgan fingerprint density at radius 3 is 2.55 bits per heavy atom. The minimum atomic E-state index is -0.0629. The van der Waals surface area contributed by atoms with Crippen molar-refractivity contribution in [1.82, 2.24) is 24.9 Å². The molecule has 0 unspecified atom stereocenters. The first kappa shape index (κ1) is 21.5. The van der Waals surface area contributed by atoms with Crippen LogP contribution in [-0.4, -0.2) is 66.1 Å². The highest BCUT2D eigenvalue weighted by atomic mass is 32.1. The van der Waals surface area contributed by atoms with Gasteiger partial charge in [0, 0.05) is 63.8 Å². The van der Waals surface area contributed by atoms with Crippen molar-refractivity contribution in [2.24, 2.45) is 0 Å². The summed E-state index contributed by atoms with van der Waals surface area (Å²) in [6, 6.07) is 8.49. The van der Waals surface area contributed by atoms with Crippen LogP contribution >= 0.6 is 11.5 Å². The molecule has 0 spiro atoms. The van der Waals surface area contributed by atoms with Crippen LogP contribution in [0.1, 0.15) is 36.7 Å². The van der Waals surface area contributed by atoms with E-state index in [2.05, 4.69) is 62.9 Å². The van der Waals surface area contributed by atoms with Gasteiger partial charge in [-0.15, -0.1) is 0 Å². The molecule has 0 aliphatic carbocycles. The number of aryl methyl sites for hydroxylation is 1. The smallest absolute Gasteiger partial charge is 0.314 e. The summed E-state index contributed by atoms with van der Waals surface area (Å²) in [6.07, 6.45) is 2.89. The van der Waals surface area contributed by atoms with Crippen molar-refractivity contribution < 1.29 is 4.79 Å². The summed E-state index contributed by atoms with van der Waals surface area (Å²) >= 11 is 1.49. The Hall–Kier alpha value is -2.19. The van der Waals surface area contributed by atoms with Crippen molar-refractivity contribution in [3.63, 3.8) is 0 Å². The van der Waals surface area contributed by atoms with Crippen molar-refractivity contribution in [3.8, 4) is 0 Å². The Balaban J connectivity index is 1.37. The van der Waals surface area contributed by atoms with E-state index in [4.69, 9.17) is 4.98 Å². The van der Waals surface area contributed by atoms with Crippen molar-refractivity contribution in [1.29, 1.82) is 0 Å². The average molecular weight is 417 g/mol. The number of aromatic nitrogens is 2. The van der Waals surface area contributed by atoms with Gasteiger partial charge in [-0.25, -0.2) is 9.78 Å². The Morgan fingerprint density at radius 1 is 1.10 bits per heavy atom. The van der Waals surface area contributed by atoms with E-state index < -0.39 is 0 Å². The van der Waals surface area contributed by atoms with Crippen molar-refractivity contribution in [2.45, 2.75) is 33.1 Å². The molecule has 0 atom stereocenters. The summed E-state index contributed by atoms with van der Waals surface area (Å²) in [5.41, 5.74) is 2.52. The fourth-order valence-electron chi connectivity index (χ4n) is 3.27. The first-order valence-electron chi connectivity index (χ1n) is 10.5. The number of hydrogen-bond donors (Lipinski definition) is 2. The number of benzene rings is 1. The van der Waals surface area contributed by atoms with Crippen molar-refractivity contribution in [3.05, 3.63) is 41.2 Å². The largest absolute Gasteiger partial charge is 0.344 e. The number of nitrogens with one attached hydrogen (secondary N) is 2. The number of carbonyl (C=O) groups is 1. The van der Waals surface area contributed by atoms with Gasteiger partial charge < -0.3 is 15.5 Å².